The van der Waals surface area contributed by atoms with Crippen LogP contribution in [-0.4, -0.2) is 28.2 Å². The quantitative estimate of drug-likeness (QED) is 0.709. The molecule has 5 rings (SSSR count). The monoisotopic (exact) mass is 341 g/mol. The summed E-state index contributed by atoms with van der Waals surface area (Å²) in [6.07, 6.45) is 4.27. The van der Waals surface area contributed by atoms with Crippen LogP contribution >= 0.6 is 0 Å². The molecule has 2 atom stereocenters. The highest BCUT2D eigenvalue weighted by molar-refractivity contribution is 5.87. The van der Waals surface area contributed by atoms with E-state index >= 15 is 0 Å². The molecule has 1 aromatic carbocycles. The molecule has 2 aliphatic rings. The van der Waals surface area contributed by atoms with Gasteiger partial charge in [0, 0.05) is 29.4 Å². The van der Waals surface area contributed by atoms with E-state index in [1.807, 2.05) is 24.4 Å². The van der Waals surface area contributed by atoms with Crippen molar-refractivity contribution >= 4 is 11.0 Å². The van der Waals surface area contributed by atoms with Crippen LogP contribution in [0.3, 0.4) is 0 Å². The van der Waals surface area contributed by atoms with Crippen LogP contribution in [0.15, 0.2) is 30.5 Å². The van der Waals surface area contributed by atoms with Gasteiger partial charge in [-0.3, -0.25) is 0 Å². The zero-order chi connectivity index (χ0) is 16.6. The average Bonchev–Trinajstić information content (AvgIpc) is 3.42. The molecular weight excluding hydrogens is 322 g/mol. The first-order chi connectivity index (χ1) is 12.4. The average molecular weight is 341 g/mol. The van der Waals surface area contributed by atoms with Crippen molar-refractivity contribution in [1.29, 1.82) is 0 Å². The fraction of sp³-hybridized carbons (Fsp3) is 0.389. The molecule has 0 bridgehead atoms. The molecule has 2 saturated heterocycles. The van der Waals surface area contributed by atoms with Gasteiger partial charge in [-0.1, -0.05) is 6.07 Å². The van der Waals surface area contributed by atoms with Crippen LogP contribution in [0.25, 0.3) is 22.3 Å². The molecule has 2 aliphatic heterocycles. The highest BCUT2D eigenvalue weighted by Gasteiger charge is 2.28. The first-order valence-corrected chi connectivity index (χ1v) is 8.63. The van der Waals surface area contributed by atoms with Gasteiger partial charge in [0.2, 0.25) is 0 Å². The third-order valence-electron chi connectivity index (χ3n) is 4.75. The zero-order valence-corrected chi connectivity index (χ0v) is 13.7. The molecule has 4 heterocycles. The zero-order valence-electron chi connectivity index (χ0n) is 13.7. The number of nitrogens with zero attached hydrogens (tertiary/aromatic N) is 1. The topological polar surface area (TPSA) is 81.4 Å². The van der Waals surface area contributed by atoms with Gasteiger partial charge in [0.25, 0.3) is 0 Å². The highest BCUT2D eigenvalue weighted by Crippen LogP contribution is 2.39. The Labute approximate surface area is 144 Å². The molecule has 3 aromatic rings. The molecule has 130 valence electrons. The molecule has 0 radical (unpaired) electrons. The van der Waals surface area contributed by atoms with Crippen LogP contribution < -0.4 is 0 Å². The molecule has 25 heavy (non-hydrogen) atoms. The van der Waals surface area contributed by atoms with E-state index in [9.17, 15) is 0 Å². The summed E-state index contributed by atoms with van der Waals surface area (Å²) in [7, 11) is 0. The van der Waals surface area contributed by atoms with E-state index < -0.39 is 0 Å². The van der Waals surface area contributed by atoms with E-state index in [1.165, 1.54) is 0 Å². The number of H-pyrrole nitrogens is 2. The number of nitrogens with one attached hydrogen (secondary N) is 2. The Bertz CT molecular complexity index is 862. The summed E-state index contributed by atoms with van der Waals surface area (Å²) in [4.78, 5) is 32.7. The Hall–Kier alpha value is -2.19. The molecule has 2 fully saturated rings. The van der Waals surface area contributed by atoms with Gasteiger partial charge in [0.15, 0.2) is 6.10 Å². The van der Waals surface area contributed by atoms with Gasteiger partial charge in [-0.05, 0) is 31.0 Å². The number of imidazole rings is 1. The van der Waals surface area contributed by atoms with E-state index in [4.69, 9.17) is 24.5 Å². The van der Waals surface area contributed by atoms with Crippen LogP contribution in [0.5, 0.6) is 0 Å². The normalized spacial score (nSPS) is 24.2. The molecule has 0 aliphatic carbocycles. The van der Waals surface area contributed by atoms with Crippen molar-refractivity contribution in [3.63, 3.8) is 0 Å². The summed E-state index contributed by atoms with van der Waals surface area (Å²) in [5.41, 5.74) is 5.01. The van der Waals surface area contributed by atoms with Gasteiger partial charge in [-0.2, -0.15) is 0 Å². The maximum Gasteiger partial charge on any atom is 0.150 e. The van der Waals surface area contributed by atoms with E-state index in [2.05, 4.69) is 16.0 Å². The lowest BCUT2D eigenvalue weighted by Crippen LogP contribution is -2.14. The van der Waals surface area contributed by atoms with Crippen LogP contribution in [-0.2, 0) is 19.6 Å². The van der Waals surface area contributed by atoms with E-state index in [0.717, 1.165) is 52.9 Å². The van der Waals surface area contributed by atoms with Crippen LogP contribution in [0.1, 0.15) is 42.9 Å². The smallest absolute Gasteiger partial charge is 0.150 e. The Kier molecular flexibility index (Phi) is 3.79. The number of hydrogen-bond donors (Lipinski definition) is 2. The fourth-order valence-corrected chi connectivity index (χ4v) is 3.54. The minimum atomic E-state index is -0.163. The Morgan fingerprint density at radius 2 is 1.92 bits per heavy atom. The summed E-state index contributed by atoms with van der Waals surface area (Å²) in [5.74, 6) is 0.790. The standard InChI is InChI=1S/C18H19N3O4/c1-3-12(19-8-1)11-5-6-13-17(16(11)14-7-10-23-24-14)21-18(20-13)15-4-2-9-22-25-15/h1,3,5-6,8,14-15,19H,2,4,7,9-10H2,(H,20,21). The first-order valence-electron chi connectivity index (χ1n) is 8.63. The highest BCUT2D eigenvalue weighted by atomic mass is 17.2. The summed E-state index contributed by atoms with van der Waals surface area (Å²) in [5, 5.41) is 0. The predicted octanol–water partition coefficient (Wildman–Crippen LogP) is 3.73. The first kappa shape index (κ1) is 15.1. The summed E-state index contributed by atoms with van der Waals surface area (Å²) < 4.78 is 0. The van der Waals surface area contributed by atoms with Crippen molar-refractivity contribution in [1.82, 2.24) is 15.0 Å². The van der Waals surface area contributed by atoms with Crippen LogP contribution in [0.4, 0.5) is 0 Å². The fourth-order valence-electron chi connectivity index (χ4n) is 3.54. The SMILES string of the molecule is c1c[nH]c(-c2ccc3[nH]c(C4CCCOO4)nc3c2C2CCOO2)c1. The molecule has 7 heteroatoms. The van der Waals surface area contributed by atoms with Gasteiger partial charge in [-0.15, -0.1) is 0 Å². The lowest BCUT2D eigenvalue weighted by atomic mass is 9.97. The van der Waals surface area contributed by atoms with Crippen molar-refractivity contribution in [2.75, 3.05) is 13.2 Å². The van der Waals surface area contributed by atoms with Gasteiger partial charge in [0.1, 0.15) is 11.9 Å². The summed E-state index contributed by atoms with van der Waals surface area (Å²) >= 11 is 0. The van der Waals surface area contributed by atoms with Crippen molar-refractivity contribution in [2.45, 2.75) is 31.5 Å². The molecule has 2 aromatic heterocycles. The van der Waals surface area contributed by atoms with Gasteiger partial charge in [0.05, 0.1) is 24.2 Å². The second kappa shape index (κ2) is 6.27. The third kappa shape index (κ3) is 2.65. The number of fused-ring (bicyclic) bond motifs is 1. The summed E-state index contributed by atoms with van der Waals surface area (Å²) in [6, 6.07) is 8.17. The van der Waals surface area contributed by atoms with Crippen molar-refractivity contribution in [3.05, 3.63) is 41.9 Å². The summed E-state index contributed by atoms with van der Waals surface area (Å²) in [6.45, 7) is 1.22. The molecule has 0 amide bonds. The van der Waals surface area contributed by atoms with Gasteiger partial charge < -0.3 is 9.97 Å². The Morgan fingerprint density at radius 3 is 2.68 bits per heavy atom. The van der Waals surface area contributed by atoms with Crippen molar-refractivity contribution < 1.29 is 19.6 Å². The van der Waals surface area contributed by atoms with Crippen molar-refractivity contribution in [2.24, 2.45) is 0 Å². The molecular formula is C18H19N3O4. The minimum Gasteiger partial charge on any atom is -0.361 e. The maximum atomic E-state index is 5.52. The second-order valence-corrected chi connectivity index (χ2v) is 6.37. The molecule has 0 saturated carbocycles. The largest absolute Gasteiger partial charge is 0.361 e. The molecule has 2 N–H and O–H groups in total. The minimum absolute atomic E-state index is 0.137. The lowest BCUT2D eigenvalue weighted by molar-refractivity contribution is -0.349. The number of aromatic amines is 2. The molecule has 0 spiro atoms. The second-order valence-electron chi connectivity index (χ2n) is 6.37. The Balaban J connectivity index is 1.66. The lowest BCUT2D eigenvalue weighted by Gasteiger charge is -2.18. The third-order valence-corrected chi connectivity index (χ3v) is 4.75. The van der Waals surface area contributed by atoms with Crippen LogP contribution in [0.2, 0.25) is 0 Å². The van der Waals surface area contributed by atoms with Gasteiger partial charge in [-0.25, -0.2) is 24.5 Å². The van der Waals surface area contributed by atoms with Crippen molar-refractivity contribution in [3.8, 4) is 11.3 Å². The van der Waals surface area contributed by atoms with Crippen LogP contribution in [0, 0.1) is 0 Å². The van der Waals surface area contributed by atoms with E-state index in [1.54, 1.807) is 0 Å². The van der Waals surface area contributed by atoms with Gasteiger partial charge >= 0.3 is 0 Å². The predicted molar refractivity (Wildman–Crippen MR) is 89.3 cm³/mol. The molecule has 2 unspecified atom stereocenters. The molecule has 7 nitrogen and oxygen atoms in total. The number of benzene rings is 1. The number of aromatic nitrogens is 3. The maximum absolute atomic E-state index is 5.52. The number of hydrogen-bond acceptors (Lipinski definition) is 5. The Morgan fingerprint density at radius 1 is 1.00 bits per heavy atom. The number of rotatable bonds is 3. The van der Waals surface area contributed by atoms with E-state index in [-0.39, 0.29) is 12.2 Å². The van der Waals surface area contributed by atoms with E-state index in [0.29, 0.717) is 13.2 Å².